The summed E-state index contributed by atoms with van der Waals surface area (Å²) in [6, 6.07) is 25.2. The predicted molar refractivity (Wildman–Crippen MR) is 103 cm³/mol. The highest BCUT2D eigenvalue weighted by molar-refractivity contribution is 6.35. The fourth-order valence-electron chi connectivity index (χ4n) is 2.33. The van der Waals surface area contributed by atoms with Gasteiger partial charge in [-0.25, -0.2) is 0 Å². The highest BCUT2D eigenvalue weighted by atomic mass is 35.5. The van der Waals surface area contributed by atoms with Crippen molar-refractivity contribution in [2.75, 3.05) is 5.32 Å². The van der Waals surface area contributed by atoms with Gasteiger partial charge < -0.3 is 5.32 Å². The lowest BCUT2D eigenvalue weighted by Crippen LogP contribution is -2.08. The Morgan fingerprint density at radius 3 is 1.96 bits per heavy atom. The van der Waals surface area contributed by atoms with Crippen LogP contribution in [0.2, 0.25) is 10.0 Å². The zero-order valence-corrected chi connectivity index (χ0v) is 14.4. The van der Waals surface area contributed by atoms with Gasteiger partial charge in [-0.3, -0.25) is 0 Å². The molecule has 118 valence electrons. The molecule has 0 radical (unpaired) electrons. The Kier molecular flexibility index (Phi) is 5.43. The normalized spacial score (nSPS) is 11.2. The van der Waals surface area contributed by atoms with E-state index in [1.54, 1.807) is 6.07 Å². The van der Waals surface area contributed by atoms with Crippen molar-refractivity contribution >= 4 is 28.9 Å². The largest absolute Gasteiger partial charge is 0.368 e. The van der Waals surface area contributed by atoms with E-state index in [1.165, 1.54) is 0 Å². The second-order valence-electron chi connectivity index (χ2n) is 5.28. The number of anilines is 1. The molecule has 0 spiro atoms. The first-order chi connectivity index (χ1) is 11.7. The summed E-state index contributed by atoms with van der Waals surface area (Å²) in [5.41, 5.74) is 2.89. The monoisotopic (exact) mass is 351 g/mol. The lowest BCUT2D eigenvalue weighted by molar-refractivity contribution is 1.02. The van der Waals surface area contributed by atoms with Crippen LogP contribution < -0.4 is 5.32 Å². The molecule has 1 unspecified atom stereocenters. The maximum Gasteiger partial charge on any atom is 0.114 e. The summed E-state index contributed by atoms with van der Waals surface area (Å²) in [6.45, 7) is 0. The number of halogens is 2. The van der Waals surface area contributed by atoms with Crippen molar-refractivity contribution in [3.8, 4) is 11.8 Å². The maximum absolute atomic E-state index is 6.09. The first-order valence-corrected chi connectivity index (χ1v) is 8.30. The van der Waals surface area contributed by atoms with Crippen LogP contribution in [0.5, 0.6) is 0 Å². The molecule has 3 heteroatoms. The van der Waals surface area contributed by atoms with Crippen LogP contribution in [0.4, 0.5) is 5.69 Å². The predicted octanol–water partition coefficient (Wildman–Crippen LogP) is 6.20. The van der Waals surface area contributed by atoms with Crippen LogP contribution in [0.3, 0.4) is 0 Å². The number of nitrogens with one attached hydrogen (secondary N) is 1. The Balaban J connectivity index is 1.92. The van der Waals surface area contributed by atoms with Crippen molar-refractivity contribution in [2.24, 2.45) is 0 Å². The van der Waals surface area contributed by atoms with Crippen LogP contribution in [0.1, 0.15) is 17.2 Å². The molecule has 0 heterocycles. The lowest BCUT2D eigenvalue weighted by atomic mass is 10.1. The quantitative estimate of drug-likeness (QED) is 0.554. The van der Waals surface area contributed by atoms with Gasteiger partial charge in [0.15, 0.2) is 0 Å². The Morgan fingerprint density at radius 2 is 1.33 bits per heavy atom. The summed E-state index contributed by atoms with van der Waals surface area (Å²) in [4.78, 5) is 0. The van der Waals surface area contributed by atoms with E-state index in [0.29, 0.717) is 10.0 Å². The molecule has 3 aromatic carbocycles. The molecule has 0 aliphatic carbocycles. The molecule has 0 saturated heterocycles. The summed E-state index contributed by atoms with van der Waals surface area (Å²) in [5, 5.41) is 4.59. The molecule has 0 saturated carbocycles. The van der Waals surface area contributed by atoms with Crippen molar-refractivity contribution in [2.45, 2.75) is 6.04 Å². The van der Waals surface area contributed by atoms with Crippen LogP contribution in [0, 0.1) is 11.8 Å². The van der Waals surface area contributed by atoms with Gasteiger partial charge in [0, 0.05) is 21.3 Å². The highest BCUT2D eigenvalue weighted by Crippen LogP contribution is 2.26. The first-order valence-electron chi connectivity index (χ1n) is 7.55. The van der Waals surface area contributed by atoms with E-state index in [4.69, 9.17) is 23.2 Å². The summed E-state index contributed by atoms with van der Waals surface area (Å²) in [7, 11) is 0. The van der Waals surface area contributed by atoms with E-state index in [-0.39, 0.29) is 6.04 Å². The van der Waals surface area contributed by atoms with Gasteiger partial charge in [0.2, 0.25) is 0 Å². The number of benzene rings is 3. The van der Waals surface area contributed by atoms with Crippen LogP contribution in [-0.4, -0.2) is 0 Å². The van der Waals surface area contributed by atoms with Gasteiger partial charge in [-0.15, -0.1) is 0 Å². The Bertz CT molecular complexity index is 844. The second kappa shape index (κ2) is 7.93. The fraction of sp³-hybridized carbons (Fsp3) is 0.0476. The average Bonchev–Trinajstić information content (AvgIpc) is 2.59. The Hall–Kier alpha value is -2.40. The molecular weight excluding hydrogens is 337 g/mol. The third kappa shape index (κ3) is 4.55. The molecule has 0 aliphatic heterocycles. The molecule has 0 aromatic heterocycles. The third-order valence-corrected chi connectivity index (χ3v) is 3.88. The van der Waals surface area contributed by atoms with E-state index >= 15 is 0 Å². The molecule has 24 heavy (non-hydrogen) atoms. The molecular formula is C21H15Cl2N. The highest BCUT2D eigenvalue weighted by Gasteiger charge is 2.09. The van der Waals surface area contributed by atoms with Crippen molar-refractivity contribution in [3.63, 3.8) is 0 Å². The van der Waals surface area contributed by atoms with Gasteiger partial charge in [0.1, 0.15) is 6.04 Å². The van der Waals surface area contributed by atoms with E-state index in [9.17, 15) is 0 Å². The van der Waals surface area contributed by atoms with Crippen molar-refractivity contribution in [3.05, 3.63) is 100 Å². The maximum atomic E-state index is 6.09. The van der Waals surface area contributed by atoms with Gasteiger partial charge in [0.25, 0.3) is 0 Å². The summed E-state index contributed by atoms with van der Waals surface area (Å²) in [5.74, 6) is 6.51. The molecule has 1 nitrogen and oxygen atoms in total. The lowest BCUT2D eigenvalue weighted by Gasteiger charge is -2.15. The minimum atomic E-state index is -0.166. The third-order valence-electron chi connectivity index (χ3n) is 3.44. The average molecular weight is 352 g/mol. The van der Waals surface area contributed by atoms with Crippen LogP contribution in [0.15, 0.2) is 78.9 Å². The molecule has 3 rings (SSSR count). The Morgan fingerprint density at radius 1 is 0.750 bits per heavy atom. The number of hydrogen-bond donors (Lipinski definition) is 1. The minimum absolute atomic E-state index is 0.166. The second-order valence-corrected chi connectivity index (χ2v) is 6.15. The van der Waals surface area contributed by atoms with Gasteiger partial charge in [-0.05, 0) is 35.9 Å². The number of hydrogen-bond acceptors (Lipinski definition) is 1. The fourth-order valence-corrected chi connectivity index (χ4v) is 2.86. The van der Waals surface area contributed by atoms with Crippen LogP contribution in [0.25, 0.3) is 0 Å². The zero-order chi connectivity index (χ0) is 16.8. The minimum Gasteiger partial charge on any atom is -0.368 e. The van der Waals surface area contributed by atoms with Gasteiger partial charge >= 0.3 is 0 Å². The van der Waals surface area contributed by atoms with Gasteiger partial charge in [0.05, 0.1) is 0 Å². The van der Waals surface area contributed by atoms with Crippen LogP contribution in [-0.2, 0) is 0 Å². The standard InChI is InChI=1S/C21H15Cl2N/c22-18-13-19(23)15-20(14-18)24-21(17-9-5-2-6-10-17)12-11-16-7-3-1-4-8-16/h1-10,13-15,21,24H. The van der Waals surface area contributed by atoms with Crippen molar-refractivity contribution in [1.29, 1.82) is 0 Å². The molecule has 1 atom stereocenters. The van der Waals surface area contributed by atoms with Crippen molar-refractivity contribution in [1.82, 2.24) is 0 Å². The molecule has 0 bridgehead atoms. The molecule has 0 fully saturated rings. The molecule has 3 aromatic rings. The first kappa shape index (κ1) is 16.5. The molecule has 1 N–H and O–H groups in total. The van der Waals surface area contributed by atoms with E-state index in [0.717, 1.165) is 16.8 Å². The van der Waals surface area contributed by atoms with Gasteiger partial charge in [-0.1, -0.05) is 83.6 Å². The molecule has 0 amide bonds. The summed E-state index contributed by atoms with van der Waals surface area (Å²) in [6.07, 6.45) is 0. The zero-order valence-electron chi connectivity index (χ0n) is 12.8. The van der Waals surface area contributed by atoms with E-state index in [1.807, 2.05) is 72.8 Å². The Labute approximate surface area is 152 Å². The summed E-state index contributed by atoms with van der Waals surface area (Å²) >= 11 is 12.2. The summed E-state index contributed by atoms with van der Waals surface area (Å²) < 4.78 is 0. The SMILES string of the molecule is Clc1cc(Cl)cc(NC(C#Cc2ccccc2)c2ccccc2)c1. The smallest absolute Gasteiger partial charge is 0.114 e. The number of rotatable bonds is 3. The van der Waals surface area contributed by atoms with E-state index in [2.05, 4.69) is 17.2 Å². The molecule has 0 aliphatic rings. The topological polar surface area (TPSA) is 12.0 Å². The van der Waals surface area contributed by atoms with E-state index < -0.39 is 0 Å². The van der Waals surface area contributed by atoms with Crippen LogP contribution >= 0.6 is 23.2 Å². The van der Waals surface area contributed by atoms with Crippen molar-refractivity contribution < 1.29 is 0 Å². The van der Waals surface area contributed by atoms with Gasteiger partial charge in [-0.2, -0.15) is 0 Å².